The molecule has 1 rings (SSSR count). The Bertz CT molecular complexity index is 508. The summed E-state index contributed by atoms with van der Waals surface area (Å²) in [5, 5.41) is 10.5. The summed E-state index contributed by atoms with van der Waals surface area (Å²) in [6.07, 6.45) is 0. The van der Waals surface area contributed by atoms with Crippen molar-refractivity contribution >= 4 is 17.8 Å². The van der Waals surface area contributed by atoms with Crippen LogP contribution >= 0.6 is 0 Å². The Balaban J connectivity index is 2.87. The fraction of sp³-hybridized carbons (Fsp3) is 0.500. The quantitative estimate of drug-likeness (QED) is 0.446. The Hall–Kier alpha value is -2.38. The van der Waals surface area contributed by atoms with Gasteiger partial charge in [0.25, 0.3) is 5.91 Å². The number of furan rings is 1. The number of esters is 1. The van der Waals surface area contributed by atoms with Crippen LogP contribution in [0.15, 0.2) is 16.5 Å². The molecule has 1 heterocycles. The first kappa shape index (κ1) is 15.7. The lowest BCUT2D eigenvalue weighted by Gasteiger charge is -2.24. The maximum absolute atomic E-state index is 12.2. The third-order valence-corrected chi connectivity index (χ3v) is 2.47. The lowest BCUT2D eigenvalue weighted by atomic mass is 10.2. The predicted molar refractivity (Wildman–Crippen MR) is 68.2 cm³/mol. The number of nitro groups is 1. The molecule has 0 radical (unpaired) electrons. The second-order valence-electron chi connectivity index (χ2n) is 4.23. The fourth-order valence-corrected chi connectivity index (χ4v) is 1.52. The molecule has 1 aromatic rings. The number of hydrogen-bond donors (Lipinski definition) is 0. The van der Waals surface area contributed by atoms with Crippen molar-refractivity contribution in [3.8, 4) is 0 Å². The van der Waals surface area contributed by atoms with Crippen molar-refractivity contribution in [3.63, 3.8) is 0 Å². The Morgan fingerprint density at radius 3 is 2.55 bits per heavy atom. The first-order valence-electron chi connectivity index (χ1n) is 6.07. The molecule has 0 aromatic carbocycles. The lowest BCUT2D eigenvalue weighted by Crippen LogP contribution is -2.41. The Kier molecular flexibility index (Phi) is 5.24. The van der Waals surface area contributed by atoms with E-state index >= 15 is 0 Å². The van der Waals surface area contributed by atoms with Crippen molar-refractivity contribution in [1.29, 1.82) is 0 Å². The van der Waals surface area contributed by atoms with E-state index in [2.05, 4.69) is 0 Å². The van der Waals surface area contributed by atoms with Gasteiger partial charge in [-0.05, 0) is 26.8 Å². The van der Waals surface area contributed by atoms with Gasteiger partial charge in [0.15, 0.2) is 5.76 Å². The molecule has 1 aromatic heterocycles. The fourth-order valence-electron chi connectivity index (χ4n) is 1.52. The van der Waals surface area contributed by atoms with E-state index in [0.717, 1.165) is 6.07 Å². The van der Waals surface area contributed by atoms with Crippen molar-refractivity contribution in [2.24, 2.45) is 0 Å². The summed E-state index contributed by atoms with van der Waals surface area (Å²) in [5.74, 6) is -1.85. The average Bonchev–Trinajstić information content (AvgIpc) is 2.84. The van der Waals surface area contributed by atoms with Gasteiger partial charge in [-0.15, -0.1) is 0 Å². The van der Waals surface area contributed by atoms with Gasteiger partial charge in [0.1, 0.15) is 11.5 Å². The van der Waals surface area contributed by atoms with Crippen LogP contribution in [0.25, 0.3) is 0 Å². The summed E-state index contributed by atoms with van der Waals surface area (Å²) in [6.45, 7) is 5.07. The highest BCUT2D eigenvalue weighted by Crippen LogP contribution is 2.18. The SMILES string of the molecule is CCOC(=O)CN(C(=O)c1ccc([N+](=O)[O-])o1)C(C)C. The molecule has 0 bridgehead atoms. The topological polar surface area (TPSA) is 103 Å². The maximum atomic E-state index is 12.2. The minimum atomic E-state index is -0.734. The molecule has 20 heavy (non-hydrogen) atoms. The third kappa shape index (κ3) is 3.81. The number of amides is 1. The van der Waals surface area contributed by atoms with E-state index in [4.69, 9.17) is 9.15 Å². The number of hydrogen-bond acceptors (Lipinski definition) is 6. The number of rotatable bonds is 6. The highest BCUT2D eigenvalue weighted by molar-refractivity contribution is 5.94. The van der Waals surface area contributed by atoms with E-state index in [1.165, 1.54) is 11.0 Å². The standard InChI is InChI=1S/C12H16N2O6/c1-4-19-11(15)7-13(8(2)3)12(16)9-5-6-10(20-9)14(17)18/h5-6,8H,4,7H2,1-3H3. The monoisotopic (exact) mass is 284 g/mol. The zero-order valence-corrected chi connectivity index (χ0v) is 11.5. The zero-order chi connectivity index (χ0) is 15.3. The minimum Gasteiger partial charge on any atom is -0.465 e. The molecular weight excluding hydrogens is 268 g/mol. The summed E-state index contributed by atoms with van der Waals surface area (Å²) in [4.78, 5) is 34.6. The second kappa shape index (κ2) is 6.69. The summed E-state index contributed by atoms with van der Waals surface area (Å²) in [5.41, 5.74) is 0. The maximum Gasteiger partial charge on any atom is 0.433 e. The second-order valence-corrected chi connectivity index (χ2v) is 4.23. The highest BCUT2D eigenvalue weighted by Gasteiger charge is 2.26. The molecule has 0 fully saturated rings. The van der Waals surface area contributed by atoms with Gasteiger partial charge in [0.05, 0.1) is 12.7 Å². The molecule has 0 aliphatic carbocycles. The third-order valence-electron chi connectivity index (χ3n) is 2.47. The number of nitrogens with zero attached hydrogens (tertiary/aromatic N) is 2. The van der Waals surface area contributed by atoms with E-state index in [1.807, 2.05) is 0 Å². The van der Waals surface area contributed by atoms with Gasteiger partial charge in [0, 0.05) is 6.04 Å². The van der Waals surface area contributed by atoms with Crippen LogP contribution < -0.4 is 0 Å². The van der Waals surface area contributed by atoms with Gasteiger partial charge in [-0.3, -0.25) is 19.7 Å². The van der Waals surface area contributed by atoms with Crippen molar-refractivity contribution in [3.05, 3.63) is 28.0 Å². The van der Waals surface area contributed by atoms with Crippen LogP contribution in [0.4, 0.5) is 5.88 Å². The highest BCUT2D eigenvalue weighted by atomic mass is 16.6. The van der Waals surface area contributed by atoms with Crippen molar-refractivity contribution in [1.82, 2.24) is 4.90 Å². The van der Waals surface area contributed by atoms with E-state index in [0.29, 0.717) is 0 Å². The minimum absolute atomic E-state index is 0.185. The van der Waals surface area contributed by atoms with E-state index in [-0.39, 0.29) is 25.0 Å². The molecular formula is C12H16N2O6. The Morgan fingerprint density at radius 1 is 1.45 bits per heavy atom. The molecule has 8 heteroatoms. The average molecular weight is 284 g/mol. The summed E-state index contributed by atoms with van der Waals surface area (Å²) in [6, 6.07) is 2.02. The normalized spacial score (nSPS) is 10.4. The van der Waals surface area contributed by atoms with Crippen LogP contribution in [0.5, 0.6) is 0 Å². The lowest BCUT2D eigenvalue weighted by molar-refractivity contribution is -0.402. The van der Waals surface area contributed by atoms with Gasteiger partial charge in [-0.25, -0.2) is 0 Å². The van der Waals surface area contributed by atoms with Crippen LogP contribution in [0, 0.1) is 10.1 Å². The van der Waals surface area contributed by atoms with Gasteiger partial charge < -0.3 is 14.1 Å². The largest absolute Gasteiger partial charge is 0.465 e. The molecule has 0 spiro atoms. The smallest absolute Gasteiger partial charge is 0.433 e. The Labute approximate surface area is 115 Å². The number of carbonyl (C=O) groups is 2. The van der Waals surface area contributed by atoms with Gasteiger partial charge >= 0.3 is 11.9 Å². The van der Waals surface area contributed by atoms with E-state index in [1.54, 1.807) is 20.8 Å². The molecule has 0 saturated heterocycles. The molecule has 1 amide bonds. The molecule has 0 aliphatic rings. The Morgan fingerprint density at radius 2 is 2.10 bits per heavy atom. The van der Waals surface area contributed by atoms with Crippen LogP contribution in [0.1, 0.15) is 31.3 Å². The molecule has 110 valence electrons. The molecule has 0 atom stereocenters. The van der Waals surface area contributed by atoms with Crippen LogP contribution in [0.2, 0.25) is 0 Å². The summed E-state index contributed by atoms with van der Waals surface area (Å²) >= 11 is 0. The van der Waals surface area contributed by atoms with Crippen molar-refractivity contribution < 1.29 is 23.7 Å². The molecule has 0 aliphatic heterocycles. The molecule has 0 N–H and O–H groups in total. The van der Waals surface area contributed by atoms with Crippen LogP contribution in [-0.4, -0.2) is 40.9 Å². The van der Waals surface area contributed by atoms with E-state index < -0.39 is 22.7 Å². The van der Waals surface area contributed by atoms with Gasteiger partial charge in [-0.2, -0.15) is 0 Å². The first-order chi connectivity index (χ1) is 9.36. The number of carbonyl (C=O) groups excluding carboxylic acids is 2. The van der Waals surface area contributed by atoms with Gasteiger partial charge in [0.2, 0.25) is 0 Å². The zero-order valence-electron chi connectivity index (χ0n) is 11.5. The number of ether oxygens (including phenoxy) is 1. The van der Waals surface area contributed by atoms with Crippen LogP contribution in [-0.2, 0) is 9.53 Å². The molecule has 0 unspecified atom stereocenters. The summed E-state index contributed by atoms with van der Waals surface area (Å²) in [7, 11) is 0. The van der Waals surface area contributed by atoms with Crippen molar-refractivity contribution in [2.75, 3.05) is 13.2 Å². The molecule has 0 saturated carbocycles. The first-order valence-corrected chi connectivity index (χ1v) is 6.07. The van der Waals surface area contributed by atoms with Crippen molar-refractivity contribution in [2.45, 2.75) is 26.8 Å². The summed E-state index contributed by atoms with van der Waals surface area (Å²) < 4.78 is 9.62. The molecule has 8 nitrogen and oxygen atoms in total. The van der Waals surface area contributed by atoms with Gasteiger partial charge in [-0.1, -0.05) is 0 Å². The predicted octanol–water partition coefficient (Wildman–Crippen LogP) is 1.60. The van der Waals surface area contributed by atoms with E-state index in [9.17, 15) is 19.7 Å². The van der Waals surface area contributed by atoms with Crippen LogP contribution in [0.3, 0.4) is 0 Å².